The van der Waals surface area contributed by atoms with Crippen molar-refractivity contribution >= 4 is 17.3 Å². The Balaban J connectivity index is 2.07. The van der Waals surface area contributed by atoms with Crippen molar-refractivity contribution in [1.82, 2.24) is 0 Å². The van der Waals surface area contributed by atoms with Gasteiger partial charge in [0.2, 0.25) is 0 Å². The minimum Gasteiger partial charge on any atom is -0.495 e. The number of halogens is 1. The van der Waals surface area contributed by atoms with Crippen molar-refractivity contribution in [3.8, 4) is 5.75 Å². The monoisotopic (exact) mass is 268 g/mol. The second kappa shape index (κ2) is 5.81. The zero-order chi connectivity index (χ0) is 13.1. The Bertz CT molecular complexity index is 415. The van der Waals surface area contributed by atoms with Crippen molar-refractivity contribution < 1.29 is 4.74 Å². The molecule has 1 saturated carbocycles. The van der Waals surface area contributed by atoms with Gasteiger partial charge in [-0.3, -0.25) is 0 Å². The van der Waals surface area contributed by atoms with E-state index in [1.165, 1.54) is 0 Å². The average molecular weight is 269 g/mol. The molecule has 0 radical (unpaired) electrons. The highest BCUT2D eigenvalue weighted by molar-refractivity contribution is 6.32. The van der Waals surface area contributed by atoms with Crippen molar-refractivity contribution in [1.29, 1.82) is 0 Å². The number of nitrogens with two attached hydrogens (primary N) is 1. The fraction of sp³-hybridized carbons (Fsp3) is 0.571. The van der Waals surface area contributed by atoms with Gasteiger partial charge in [-0.25, -0.2) is 0 Å². The summed E-state index contributed by atoms with van der Waals surface area (Å²) >= 11 is 6.16. The van der Waals surface area contributed by atoms with E-state index in [1.807, 2.05) is 12.1 Å². The van der Waals surface area contributed by atoms with Gasteiger partial charge in [0.25, 0.3) is 0 Å². The number of ether oxygens (including phenoxy) is 1. The van der Waals surface area contributed by atoms with Gasteiger partial charge >= 0.3 is 0 Å². The smallest absolute Gasteiger partial charge is 0.137 e. The van der Waals surface area contributed by atoms with Crippen LogP contribution in [0.5, 0.6) is 5.75 Å². The van der Waals surface area contributed by atoms with E-state index in [-0.39, 0.29) is 0 Å². The van der Waals surface area contributed by atoms with E-state index in [9.17, 15) is 0 Å². The first kappa shape index (κ1) is 13.5. The highest BCUT2D eigenvalue weighted by Gasteiger charge is 2.19. The number of anilines is 1. The van der Waals surface area contributed by atoms with Crippen LogP contribution >= 0.6 is 11.6 Å². The van der Waals surface area contributed by atoms with Crippen molar-refractivity contribution in [2.45, 2.75) is 44.7 Å². The first-order valence-corrected chi connectivity index (χ1v) is 6.84. The second-order valence-electron chi connectivity index (χ2n) is 5.06. The Labute approximate surface area is 114 Å². The number of benzene rings is 1. The van der Waals surface area contributed by atoms with Crippen LogP contribution in [-0.4, -0.2) is 19.2 Å². The number of hydrogen-bond donors (Lipinski definition) is 2. The molecule has 0 amide bonds. The number of methoxy groups -OCH3 is 1. The molecular formula is C14H21ClN2O. The molecule has 0 atom stereocenters. The molecular weight excluding hydrogens is 248 g/mol. The van der Waals surface area contributed by atoms with Crippen LogP contribution in [0.15, 0.2) is 12.1 Å². The van der Waals surface area contributed by atoms with E-state index >= 15 is 0 Å². The van der Waals surface area contributed by atoms with Gasteiger partial charge in [0, 0.05) is 17.8 Å². The lowest BCUT2D eigenvalue weighted by Gasteiger charge is -2.28. The minimum absolute atomic E-state index is 0.378. The lowest BCUT2D eigenvalue weighted by molar-refractivity contribution is 0.410. The van der Waals surface area contributed by atoms with E-state index in [1.54, 1.807) is 7.11 Å². The average Bonchev–Trinajstić information content (AvgIpc) is 2.36. The van der Waals surface area contributed by atoms with Gasteiger partial charge in [0.1, 0.15) is 5.75 Å². The third kappa shape index (κ3) is 3.09. The number of nitrogens with one attached hydrogen (secondary N) is 1. The quantitative estimate of drug-likeness (QED) is 0.884. The van der Waals surface area contributed by atoms with Gasteiger partial charge in [0.05, 0.1) is 12.1 Å². The molecule has 0 heterocycles. The zero-order valence-corrected chi connectivity index (χ0v) is 11.8. The summed E-state index contributed by atoms with van der Waals surface area (Å²) in [6.45, 7) is 2.07. The van der Waals surface area contributed by atoms with Gasteiger partial charge in [0.15, 0.2) is 0 Å². The molecule has 18 heavy (non-hydrogen) atoms. The lowest BCUT2D eigenvalue weighted by Crippen LogP contribution is -2.32. The van der Waals surface area contributed by atoms with Crippen LogP contribution in [0.4, 0.5) is 5.69 Å². The molecule has 1 aromatic carbocycles. The first-order valence-electron chi connectivity index (χ1n) is 6.46. The van der Waals surface area contributed by atoms with E-state index in [4.69, 9.17) is 22.1 Å². The third-order valence-electron chi connectivity index (χ3n) is 3.63. The first-order chi connectivity index (χ1) is 8.60. The van der Waals surface area contributed by atoms with Gasteiger partial charge in [-0.15, -0.1) is 0 Å². The van der Waals surface area contributed by atoms with Gasteiger partial charge < -0.3 is 15.8 Å². The van der Waals surface area contributed by atoms with Gasteiger partial charge in [-0.1, -0.05) is 11.6 Å². The van der Waals surface area contributed by atoms with Crippen LogP contribution in [0, 0.1) is 6.92 Å². The Morgan fingerprint density at radius 3 is 2.56 bits per heavy atom. The van der Waals surface area contributed by atoms with Crippen molar-refractivity contribution in [3.05, 3.63) is 22.7 Å². The largest absolute Gasteiger partial charge is 0.495 e. The number of aryl methyl sites for hydroxylation is 1. The Morgan fingerprint density at radius 2 is 1.94 bits per heavy atom. The molecule has 0 unspecified atom stereocenters. The van der Waals surface area contributed by atoms with Crippen molar-refractivity contribution in [2.75, 3.05) is 12.4 Å². The van der Waals surface area contributed by atoms with Crippen LogP contribution in [-0.2, 0) is 0 Å². The molecule has 2 rings (SSSR count). The van der Waals surface area contributed by atoms with Crippen LogP contribution in [0.25, 0.3) is 0 Å². The molecule has 1 aromatic rings. The third-order valence-corrected chi connectivity index (χ3v) is 3.93. The van der Waals surface area contributed by atoms with E-state index in [2.05, 4.69) is 12.2 Å². The van der Waals surface area contributed by atoms with Crippen LogP contribution in [0.1, 0.15) is 31.2 Å². The summed E-state index contributed by atoms with van der Waals surface area (Å²) < 4.78 is 5.21. The van der Waals surface area contributed by atoms with Crippen molar-refractivity contribution in [3.63, 3.8) is 0 Å². The topological polar surface area (TPSA) is 47.3 Å². The molecule has 0 bridgehead atoms. The molecule has 1 aliphatic rings. The SMILES string of the molecule is COc1cc(C)c(NC2CCC(N)CC2)cc1Cl. The summed E-state index contributed by atoms with van der Waals surface area (Å²) in [7, 11) is 1.64. The summed E-state index contributed by atoms with van der Waals surface area (Å²) in [6.07, 6.45) is 4.45. The van der Waals surface area contributed by atoms with Crippen LogP contribution in [0.2, 0.25) is 5.02 Å². The Hall–Kier alpha value is -0.930. The molecule has 0 saturated heterocycles. The number of hydrogen-bond acceptors (Lipinski definition) is 3. The summed E-state index contributed by atoms with van der Waals surface area (Å²) in [5.41, 5.74) is 8.17. The molecule has 0 aromatic heterocycles. The maximum absolute atomic E-state index is 6.16. The van der Waals surface area contributed by atoms with E-state index < -0.39 is 0 Å². The Kier molecular flexibility index (Phi) is 4.36. The molecule has 0 spiro atoms. The minimum atomic E-state index is 0.378. The fourth-order valence-electron chi connectivity index (χ4n) is 2.45. The van der Waals surface area contributed by atoms with Crippen LogP contribution < -0.4 is 15.8 Å². The highest BCUT2D eigenvalue weighted by Crippen LogP contribution is 2.32. The maximum atomic E-state index is 6.16. The highest BCUT2D eigenvalue weighted by atomic mass is 35.5. The van der Waals surface area contributed by atoms with Gasteiger partial charge in [-0.05, 0) is 50.3 Å². The number of rotatable bonds is 3. The summed E-state index contributed by atoms with van der Waals surface area (Å²) in [4.78, 5) is 0. The summed E-state index contributed by atoms with van der Waals surface area (Å²) in [6, 6.07) is 4.81. The molecule has 0 aliphatic heterocycles. The normalized spacial score (nSPS) is 23.8. The zero-order valence-electron chi connectivity index (χ0n) is 11.0. The fourth-order valence-corrected chi connectivity index (χ4v) is 2.69. The van der Waals surface area contributed by atoms with E-state index in [0.717, 1.165) is 42.7 Å². The standard InChI is InChI=1S/C14H21ClN2O/c1-9-7-14(18-2)12(15)8-13(9)17-11-5-3-10(16)4-6-11/h7-8,10-11,17H,3-6,16H2,1-2H3. The lowest BCUT2D eigenvalue weighted by atomic mass is 9.91. The van der Waals surface area contributed by atoms with Gasteiger partial charge in [-0.2, -0.15) is 0 Å². The predicted octanol–water partition coefficient (Wildman–Crippen LogP) is 3.34. The molecule has 4 heteroatoms. The molecule has 100 valence electrons. The van der Waals surface area contributed by atoms with E-state index in [0.29, 0.717) is 17.1 Å². The van der Waals surface area contributed by atoms with Crippen LogP contribution in [0.3, 0.4) is 0 Å². The summed E-state index contributed by atoms with van der Waals surface area (Å²) in [5.74, 6) is 0.727. The van der Waals surface area contributed by atoms with Crippen molar-refractivity contribution in [2.24, 2.45) is 5.73 Å². The predicted molar refractivity (Wildman–Crippen MR) is 76.6 cm³/mol. The maximum Gasteiger partial charge on any atom is 0.137 e. The molecule has 3 nitrogen and oxygen atoms in total. The second-order valence-corrected chi connectivity index (χ2v) is 5.46. The summed E-state index contributed by atoms with van der Waals surface area (Å²) in [5, 5.41) is 4.22. The Morgan fingerprint density at radius 1 is 1.28 bits per heavy atom. The molecule has 1 fully saturated rings. The molecule has 1 aliphatic carbocycles. The molecule has 3 N–H and O–H groups in total.